The third kappa shape index (κ3) is 6.48. The Bertz CT molecular complexity index is 1540. The molecular formula is C27H19ClF4INO3S. The molecule has 0 atom stereocenters. The van der Waals surface area contributed by atoms with Gasteiger partial charge in [0.15, 0.2) is 5.75 Å². The van der Waals surface area contributed by atoms with E-state index < -0.39 is 33.3 Å². The number of hydrogen-bond donors (Lipinski definition) is 1. The number of aromatic hydroxyl groups is 1. The minimum atomic E-state index is -4.43. The third-order valence-corrected chi connectivity index (χ3v) is 8.46. The van der Waals surface area contributed by atoms with E-state index in [0.717, 1.165) is 16.4 Å². The van der Waals surface area contributed by atoms with Gasteiger partial charge in [0.05, 0.1) is 10.6 Å². The van der Waals surface area contributed by atoms with Crippen LogP contribution in [0.25, 0.3) is 11.1 Å². The van der Waals surface area contributed by atoms with Gasteiger partial charge in [-0.1, -0.05) is 60.1 Å². The second kappa shape index (κ2) is 11.2. The normalized spacial score (nSPS) is 12.2. The predicted molar refractivity (Wildman–Crippen MR) is 146 cm³/mol. The Hall–Kier alpha value is -2.67. The van der Waals surface area contributed by atoms with Gasteiger partial charge < -0.3 is 5.11 Å². The Morgan fingerprint density at radius 1 is 0.816 bits per heavy atom. The Balaban J connectivity index is 1.66. The van der Waals surface area contributed by atoms with Crippen LogP contribution in [-0.4, -0.2) is 17.8 Å². The minimum absolute atomic E-state index is 0.102. The summed E-state index contributed by atoms with van der Waals surface area (Å²) in [4.78, 5) is -0.363. The maximum Gasteiger partial charge on any atom is 0.416 e. The van der Waals surface area contributed by atoms with E-state index in [1.54, 1.807) is 24.3 Å². The zero-order valence-corrected chi connectivity index (χ0v) is 23.1. The molecule has 0 fully saturated rings. The molecule has 0 saturated carbocycles. The lowest BCUT2D eigenvalue weighted by molar-refractivity contribution is -0.137. The van der Waals surface area contributed by atoms with Crippen molar-refractivity contribution < 1.29 is 31.1 Å². The van der Waals surface area contributed by atoms with Crippen molar-refractivity contribution in [3.63, 3.8) is 0 Å². The Labute approximate surface area is 235 Å². The Morgan fingerprint density at radius 2 is 1.29 bits per heavy atom. The highest BCUT2D eigenvalue weighted by Crippen LogP contribution is 2.36. The van der Waals surface area contributed by atoms with Crippen LogP contribution in [-0.2, 0) is 29.3 Å². The van der Waals surface area contributed by atoms with Crippen LogP contribution in [0.4, 0.5) is 17.6 Å². The van der Waals surface area contributed by atoms with Crippen LogP contribution in [0.15, 0.2) is 89.8 Å². The molecule has 11 heteroatoms. The first kappa shape index (κ1) is 28.3. The van der Waals surface area contributed by atoms with Crippen LogP contribution in [0.5, 0.6) is 5.75 Å². The van der Waals surface area contributed by atoms with Gasteiger partial charge in [-0.2, -0.15) is 17.5 Å². The monoisotopic (exact) mass is 675 g/mol. The molecule has 0 unspecified atom stereocenters. The molecular weight excluding hydrogens is 657 g/mol. The largest absolute Gasteiger partial charge is 0.505 e. The van der Waals surface area contributed by atoms with E-state index in [1.807, 2.05) is 22.6 Å². The molecule has 4 aromatic rings. The van der Waals surface area contributed by atoms with Crippen LogP contribution < -0.4 is 0 Å². The predicted octanol–water partition coefficient (Wildman–Crippen LogP) is 7.87. The minimum Gasteiger partial charge on any atom is -0.505 e. The highest BCUT2D eigenvalue weighted by Gasteiger charge is 2.31. The second-order valence-corrected chi connectivity index (χ2v) is 12.0. The molecule has 0 amide bonds. The van der Waals surface area contributed by atoms with E-state index in [9.17, 15) is 31.1 Å². The van der Waals surface area contributed by atoms with E-state index in [0.29, 0.717) is 25.8 Å². The van der Waals surface area contributed by atoms with E-state index in [-0.39, 0.29) is 23.0 Å². The summed E-state index contributed by atoms with van der Waals surface area (Å²) in [5.41, 5.74) is 1.57. The summed E-state index contributed by atoms with van der Waals surface area (Å²) in [6.07, 6.45) is -4.43. The van der Waals surface area contributed by atoms with E-state index >= 15 is 0 Å². The van der Waals surface area contributed by atoms with Crippen molar-refractivity contribution in [2.24, 2.45) is 0 Å². The molecule has 0 aromatic heterocycles. The molecule has 38 heavy (non-hydrogen) atoms. The number of phenols is 1. The standard InChI is InChI=1S/C27H19ClF4INO3S/c28-24-13-23(33)14-25(26(24)35)38(36,37)34(16-18-3-11-22(29)12-4-18)15-17-1-5-19(6-2-17)20-7-9-21(10-8-20)27(30,31)32/h1-14,35H,15-16H2. The van der Waals surface area contributed by atoms with Gasteiger partial charge in [-0.25, -0.2) is 12.8 Å². The number of sulfonamides is 1. The van der Waals surface area contributed by atoms with Crippen molar-refractivity contribution in [1.82, 2.24) is 4.31 Å². The maximum absolute atomic E-state index is 13.7. The molecule has 0 bridgehead atoms. The summed E-state index contributed by atoms with van der Waals surface area (Å²) in [5, 5.41) is 10.3. The van der Waals surface area contributed by atoms with E-state index in [2.05, 4.69) is 0 Å². The first-order chi connectivity index (χ1) is 17.8. The SMILES string of the molecule is O=S(=O)(c1cc(I)cc(Cl)c1O)N(Cc1ccc(F)cc1)Cc1ccc(-c2ccc(C(F)(F)F)cc2)cc1. The van der Waals surface area contributed by atoms with Crippen molar-refractivity contribution in [2.75, 3.05) is 0 Å². The topological polar surface area (TPSA) is 57.6 Å². The lowest BCUT2D eigenvalue weighted by atomic mass is 10.0. The number of hydrogen-bond acceptors (Lipinski definition) is 3. The molecule has 0 heterocycles. The van der Waals surface area contributed by atoms with Gasteiger partial charge in [-0.05, 0) is 81.2 Å². The van der Waals surface area contributed by atoms with Gasteiger partial charge in [0, 0.05) is 16.7 Å². The fourth-order valence-electron chi connectivity index (χ4n) is 3.76. The molecule has 198 valence electrons. The number of alkyl halides is 3. The fourth-order valence-corrected chi connectivity index (χ4v) is 6.60. The number of halogens is 6. The van der Waals surface area contributed by atoms with Crippen LogP contribution in [0.3, 0.4) is 0 Å². The molecule has 0 radical (unpaired) electrons. The average Bonchev–Trinajstić information content (AvgIpc) is 2.87. The number of phenolic OH excluding ortho intramolecular Hbond substituents is 1. The second-order valence-electron chi connectivity index (χ2n) is 8.41. The maximum atomic E-state index is 13.7. The first-order valence-electron chi connectivity index (χ1n) is 11.0. The zero-order chi connectivity index (χ0) is 27.7. The van der Waals surface area contributed by atoms with E-state index in [1.165, 1.54) is 48.5 Å². The number of rotatable bonds is 7. The van der Waals surface area contributed by atoms with Crippen molar-refractivity contribution in [2.45, 2.75) is 24.2 Å². The van der Waals surface area contributed by atoms with Gasteiger partial charge in [-0.3, -0.25) is 0 Å². The van der Waals surface area contributed by atoms with Gasteiger partial charge in [0.25, 0.3) is 0 Å². The van der Waals surface area contributed by atoms with Crippen molar-refractivity contribution >= 4 is 44.2 Å². The first-order valence-corrected chi connectivity index (χ1v) is 13.9. The summed E-state index contributed by atoms with van der Waals surface area (Å²) in [6, 6.07) is 19.5. The number of benzene rings is 4. The summed E-state index contributed by atoms with van der Waals surface area (Å²) in [7, 11) is -4.27. The van der Waals surface area contributed by atoms with Gasteiger partial charge in [-0.15, -0.1) is 0 Å². The van der Waals surface area contributed by atoms with Crippen molar-refractivity contribution in [3.8, 4) is 16.9 Å². The quantitative estimate of drug-likeness (QED) is 0.160. The molecule has 0 aliphatic carbocycles. The smallest absolute Gasteiger partial charge is 0.416 e. The van der Waals surface area contributed by atoms with Gasteiger partial charge >= 0.3 is 6.18 Å². The molecule has 0 spiro atoms. The summed E-state index contributed by atoms with van der Waals surface area (Å²) in [5.74, 6) is -1.04. The van der Waals surface area contributed by atoms with E-state index in [4.69, 9.17) is 11.6 Å². The van der Waals surface area contributed by atoms with Crippen LogP contribution in [0.2, 0.25) is 5.02 Å². The molecule has 0 aliphatic rings. The van der Waals surface area contributed by atoms with Crippen molar-refractivity contribution in [3.05, 3.63) is 116 Å². The highest BCUT2D eigenvalue weighted by molar-refractivity contribution is 14.1. The lowest BCUT2D eigenvalue weighted by Crippen LogP contribution is -2.30. The van der Waals surface area contributed by atoms with Crippen LogP contribution in [0, 0.1) is 9.39 Å². The molecule has 0 saturated heterocycles. The van der Waals surface area contributed by atoms with Gasteiger partial charge in [0.2, 0.25) is 10.0 Å². The summed E-state index contributed by atoms with van der Waals surface area (Å²) in [6.45, 7) is -0.221. The van der Waals surface area contributed by atoms with Crippen LogP contribution >= 0.6 is 34.2 Å². The Kier molecular flexibility index (Phi) is 8.36. The molecule has 4 nitrogen and oxygen atoms in total. The molecule has 1 N–H and O–H groups in total. The molecule has 4 aromatic carbocycles. The van der Waals surface area contributed by atoms with Crippen LogP contribution in [0.1, 0.15) is 16.7 Å². The lowest BCUT2D eigenvalue weighted by Gasteiger charge is -2.23. The fraction of sp³-hybridized carbons (Fsp3) is 0.111. The molecule has 0 aliphatic heterocycles. The summed E-state index contributed by atoms with van der Waals surface area (Å²) < 4.78 is 81.0. The third-order valence-electron chi connectivity index (χ3n) is 5.74. The van der Waals surface area contributed by atoms with Crippen molar-refractivity contribution in [1.29, 1.82) is 0 Å². The Morgan fingerprint density at radius 3 is 1.79 bits per heavy atom. The number of nitrogens with zero attached hydrogens (tertiary/aromatic N) is 1. The summed E-state index contributed by atoms with van der Waals surface area (Å²) >= 11 is 7.93. The van der Waals surface area contributed by atoms with Gasteiger partial charge in [0.1, 0.15) is 10.7 Å². The average molecular weight is 676 g/mol. The zero-order valence-electron chi connectivity index (χ0n) is 19.4. The highest BCUT2D eigenvalue weighted by atomic mass is 127. The molecule has 4 rings (SSSR count).